The Kier molecular flexibility index (Phi) is 9.11. The van der Waals surface area contributed by atoms with Gasteiger partial charge in [-0.2, -0.15) is 13.2 Å². The normalized spacial score (nSPS) is 15.6. The summed E-state index contributed by atoms with van der Waals surface area (Å²) >= 11 is 0. The van der Waals surface area contributed by atoms with E-state index in [0.717, 1.165) is 42.9 Å². The van der Waals surface area contributed by atoms with Crippen molar-refractivity contribution in [2.75, 3.05) is 29.9 Å². The lowest BCUT2D eigenvalue weighted by atomic mass is 9.98. The van der Waals surface area contributed by atoms with Crippen molar-refractivity contribution in [3.63, 3.8) is 0 Å². The Bertz CT molecular complexity index is 1540. The molecule has 0 spiro atoms. The van der Waals surface area contributed by atoms with E-state index in [2.05, 4.69) is 20.9 Å². The van der Waals surface area contributed by atoms with E-state index in [4.69, 9.17) is 0 Å². The Morgan fingerprint density at radius 1 is 0.884 bits per heavy atom. The monoisotopic (exact) mass is 586 g/mol. The second-order valence-electron chi connectivity index (χ2n) is 10.5. The van der Waals surface area contributed by atoms with Gasteiger partial charge in [0.05, 0.1) is 5.56 Å². The predicted octanol–water partition coefficient (Wildman–Crippen LogP) is 6.67. The topological polar surface area (TPSA) is 73.5 Å². The van der Waals surface area contributed by atoms with Gasteiger partial charge in [0.15, 0.2) is 0 Å². The lowest BCUT2D eigenvalue weighted by Gasteiger charge is -2.24. The third-order valence-corrected chi connectivity index (χ3v) is 7.52. The number of alkyl halides is 3. The minimum atomic E-state index is -4.43. The second kappa shape index (κ2) is 13.1. The molecule has 1 saturated heterocycles. The van der Waals surface area contributed by atoms with Gasteiger partial charge in [-0.05, 0) is 72.5 Å². The van der Waals surface area contributed by atoms with Crippen LogP contribution in [-0.4, -0.2) is 37.5 Å². The van der Waals surface area contributed by atoms with Crippen molar-refractivity contribution >= 4 is 23.2 Å². The summed E-state index contributed by atoms with van der Waals surface area (Å²) in [6.45, 7) is 4.02. The van der Waals surface area contributed by atoms with Crippen LogP contribution in [0, 0.1) is 0 Å². The van der Waals surface area contributed by atoms with E-state index >= 15 is 0 Å². The first-order chi connectivity index (χ1) is 20.7. The van der Waals surface area contributed by atoms with Crippen LogP contribution >= 0.6 is 0 Å². The molecule has 0 aliphatic carbocycles. The highest BCUT2D eigenvalue weighted by molar-refractivity contribution is 6.08. The molecule has 4 aromatic rings. The number of rotatable bonds is 9. The van der Waals surface area contributed by atoms with E-state index in [1.54, 1.807) is 24.3 Å². The Morgan fingerprint density at radius 3 is 2.23 bits per heavy atom. The average molecular weight is 587 g/mol. The molecule has 1 fully saturated rings. The van der Waals surface area contributed by atoms with Crippen LogP contribution in [0.2, 0.25) is 0 Å². The highest BCUT2D eigenvalue weighted by Gasteiger charge is 2.30. The van der Waals surface area contributed by atoms with Crippen molar-refractivity contribution in [2.45, 2.75) is 31.6 Å². The van der Waals surface area contributed by atoms with Crippen LogP contribution in [0.25, 0.3) is 11.1 Å². The van der Waals surface area contributed by atoms with Crippen LogP contribution in [0.5, 0.6) is 0 Å². The van der Waals surface area contributed by atoms with Crippen LogP contribution < -0.4 is 20.9 Å². The fourth-order valence-electron chi connectivity index (χ4n) is 5.34. The maximum atomic E-state index is 13.2. The van der Waals surface area contributed by atoms with Crippen LogP contribution in [0.4, 0.5) is 24.5 Å². The van der Waals surface area contributed by atoms with Gasteiger partial charge < -0.3 is 15.5 Å². The predicted molar refractivity (Wildman–Crippen MR) is 163 cm³/mol. The van der Waals surface area contributed by atoms with Gasteiger partial charge in [0.1, 0.15) is 6.04 Å². The number of carbonyl (C=O) groups is 2. The number of benzene rings is 4. The van der Waals surface area contributed by atoms with Crippen molar-refractivity contribution in [1.82, 2.24) is 10.6 Å². The smallest absolute Gasteiger partial charge is 0.370 e. The quantitative estimate of drug-likeness (QED) is 0.205. The zero-order chi connectivity index (χ0) is 30.4. The Balaban J connectivity index is 1.23. The molecule has 2 unspecified atom stereocenters. The van der Waals surface area contributed by atoms with Gasteiger partial charge >= 0.3 is 6.18 Å². The summed E-state index contributed by atoms with van der Waals surface area (Å²) in [5.74, 6) is -0.405. The molecule has 6 nitrogen and oxygen atoms in total. The minimum Gasteiger partial charge on any atom is -0.370 e. The molecule has 1 aliphatic rings. The van der Waals surface area contributed by atoms with E-state index in [1.165, 1.54) is 12.1 Å². The number of nitrogens with zero attached hydrogens (tertiary/aromatic N) is 1. The van der Waals surface area contributed by atoms with E-state index < -0.39 is 17.8 Å². The molecule has 5 rings (SSSR count). The number of hydrogen-bond acceptors (Lipinski definition) is 4. The molecule has 0 saturated carbocycles. The molecule has 3 N–H and O–H groups in total. The molecular formula is C34H33F3N4O2. The van der Waals surface area contributed by atoms with Crippen LogP contribution in [0.15, 0.2) is 103 Å². The van der Waals surface area contributed by atoms with E-state index in [9.17, 15) is 22.8 Å². The molecule has 2 atom stereocenters. The summed E-state index contributed by atoms with van der Waals surface area (Å²) in [5, 5.41) is 9.36. The molecule has 1 aliphatic heterocycles. The number of hydrogen-bond donors (Lipinski definition) is 3. The SMILES string of the molecule is CCNC(=O)C(NC1CCN(c2ccc(NC(=O)c3ccccc3-c3ccc(C(F)(F)F)cc3)cc2)C1)c1ccccc1. The van der Waals surface area contributed by atoms with Crippen molar-refractivity contribution in [1.29, 1.82) is 0 Å². The van der Waals surface area contributed by atoms with Crippen molar-refractivity contribution < 1.29 is 22.8 Å². The summed E-state index contributed by atoms with van der Waals surface area (Å²) in [6.07, 6.45) is -3.55. The summed E-state index contributed by atoms with van der Waals surface area (Å²) in [7, 11) is 0. The molecular weight excluding hydrogens is 553 g/mol. The third kappa shape index (κ3) is 7.24. The fraction of sp³-hybridized carbons (Fsp3) is 0.235. The maximum Gasteiger partial charge on any atom is 0.416 e. The molecule has 0 bridgehead atoms. The summed E-state index contributed by atoms with van der Waals surface area (Å²) in [4.78, 5) is 28.2. The van der Waals surface area contributed by atoms with Gasteiger partial charge in [0.2, 0.25) is 5.91 Å². The molecule has 1 heterocycles. The number of amides is 2. The molecule has 4 aromatic carbocycles. The molecule has 0 radical (unpaired) electrons. The molecule has 9 heteroatoms. The first-order valence-corrected chi connectivity index (χ1v) is 14.2. The molecule has 0 aromatic heterocycles. The number of likely N-dealkylation sites (N-methyl/N-ethyl adjacent to an activating group) is 1. The van der Waals surface area contributed by atoms with Crippen molar-refractivity contribution in [3.8, 4) is 11.1 Å². The van der Waals surface area contributed by atoms with E-state index in [1.807, 2.05) is 61.5 Å². The highest BCUT2D eigenvalue weighted by atomic mass is 19.4. The summed E-state index contributed by atoms with van der Waals surface area (Å²) in [5.41, 5.74) is 3.21. The first-order valence-electron chi connectivity index (χ1n) is 14.2. The number of halogens is 3. The molecule has 2 amide bonds. The molecule has 43 heavy (non-hydrogen) atoms. The average Bonchev–Trinajstić information content (AvgIpc) is 3.49. The van der Waals surface area contributed by atoms with E-state index in [0.29, 0.717) is 28.9 Å². The summed E-state index contributed by atoms with van der Waals surface area (Å²) < 4.78 is 39.0. The first kappa shape index (κ1) is 29.8. The Hall–Kier alpha value is -4.63. The Labute approximate surface area is 248 Å². The Morgan fingerprint density at radius 2 is 1.56 bits per heavy atom. The van der Waals surface area contributed by atoms with Gasteiger partial charge in [0.25, 0.3) is 5.91 Å². The lowest BCUT2D eigenvalue weighted by Crippen LogP contribution is -2.43. The van der Waals surface area contributed by atoms with Crippen molar-refractivity contribution in [2.24, 2.45) is 0 Å². The van der Waals surface area contributed by atoms with Crippen LogP contribution in [0.3, 0.4) is 0 Å². The lowest BCUT2D eigenvalue weighted by molar-refractivity contribution is -0.137. The van der Waals surface area contributed by atoms with Crippen LogP contribution in [0.1, 0.15) is 40.9 Å². The second-order valence-corrected chi connectivity index (χ2v) is 10.5. The minimum absolute atomic E-state index is 0.0489. The zero-order valence-electron chi connectivity index (χ0n) is 23.7. The van der Waals surface area contributed by atoms with Crippen molar-refractivity contribution in [3.05, 3.63) is 120 Å². The maximum absolute atomic E-state index is 13.2. The number of nitrogens with one attached hydrogen (secondary N) is 3. The largest absolute Gasteiger partial charge is 0.416 e. The summed E-state index contributed by atoms with van der Waals surface area (Å²) in [6, 6.07) is 28.5. The fourth-order valence-corrected chi connectivity index (χ4v) is 5.34. The number of anilines is 2. The van der Waals surface area contributed by atoms with Crippen LogP contribution in [-0.2, 0) is 11.0 Å². The van der Waals surface area contributed by atoms with Gasteiger partial charge in [0, 0.05) is 42.6 Å². The highest BCUT2D eigenvalue weighted by Crippen LogP contribution is 2.32. The van der Waals surface area contributed by atoms with E-state index in [-0.39, 0.29) is 17.9 Å². The van der Waals surface area contributed by atoms with Gasteiger partial charge in [-0.1, -0.05) is 60.7 Å². The number of carbonyl (C=O) groups excluding carboxylic acids is 2. The van der Waals surface area contributed by atoms with Gasteiger partial charge in [-0.15, -0.1) is 0 Å². The standard InChI is InChI=1S/C34H33F3N4O2/c1-2-38-33(43)31(24-8-4-3-5-9-24)39-27-20-21-41(22-27)28-18-16-26(17-19-28)40-32(42)30-11-7-6-10-29(30)23-12-14-25(15-13-23)34(35,36)37/h3-19,27,31,39H,2,20-22H2,1H3,(H,38,43)(H,40,42). The zero-order valence-corrected chi connectivity index (χ0v) is 23.7. The van der Waals surface area contributed by atoms with Gasteiger partial charge in [-0.25, -0.2) is 0 Å². The van der Waals surface area contributed by atoms with Gasteiger partial charge in [-0.3, -0.25) is 14.9 Å². The molecule has 222 valence electrons. The third-order valence-electron chi connectivity index (χ3n) is 7.52.